The molecule has 0 aromatic carbocycles. The lowest BCUT2D eigenvalue weighted by molar-refractivity contribution is -0.134. The van der Waals surface area contributed by atoms with E-state index in [0.717, 1.165) is 87.9 Å². The lowest BCUT2D eigenvalue weighted by Gasteiger charge is -2.18. The topological polar surface area (TPSA) is 52.6 Å². The molecular formula is C34H58O4. The number of rotatable bonds is 21. The van der Waals surface area contributed by atoms with Gasteiger partial charge in [0, 0.05) is 26.1 Å². The van der Waals surface area contributed by atoms with Crippen LogP contribution in [-0.4, -0.2) is 32.1 Å². The molecule has 0 aliphatic carbocycles. The average Bonchev–Trinajstić information content (AvgIpc) is 2.80. The lowest BCUT2D eigenvalue weighted by Crippen LogP contribution is -2.17. The molecule has 0 spiro atoms. The minimum absolute atomic E-state index is 0.118. The number of aldehydes is 2. The first-order valence-corrected chi connectivity index (χ1v) is 14.0. The van der Waals surface area contributed by atoms with Crippen LogP contribution in [0.2, 0.25) is 0 Å². The average molecular weight is 531 g/mol. The Morgan fingerprint density at radius 3 is 1.45 bits per heavy atom. The van der Waals surface area contributed by atoms with E-state index in [1.165, 1.54) is 22.3 Å². The van der Waals surface area contributed by atoms with Crippen molar-refractivity contribution in [3.05, 3.63) is 72.4 Å². The van der Waals surface area contributed by atoms with Gasteiger partial charge in [0.2, 0.25) is 0 Å². The fourth-order valence-corrected chi connectivity index (χ4v) is 3.24. The zero-order valence-corrected chi connectivity index (χ0v) is 25.7. The third kappa shape index (κ3) is 35.9. The van der Waals surface area contributed by atoms with Gasteiger partial charge in [-0.25, -0.2) is 0 Å². The molecule has 0 amide bonds. The number of hydrogen-bond donors (Lipinski definition) is 0. The van der Waals surface area contributed by atoms with Crippen LogP contribution in [0.3, 0.4) is 0 Å². The van der Waals surface area contributed by atoms with Crippen LogP contribution in [0, 0.1) is 0 Å². The number of carbonyl (C=O) groups is 2. The highest BCUT2D eigenvalue weighted by atomic mass is 16.7. The van der Waals surface area contributed by atoms with Crippen molar-refractivity contribution in [1.29, 1.82) is 0 Å². The van der Waals surface area contributed by atoms with Gasteiger partial charge in [0.05, 0.1) is 0 Å². The highest BCUT2D eigenvalue weighted by molar-refractivity contribution is 5.65. The van der Waals surface area contributed by atoms with Crippen molar-refractivity contribution >= 4 is 12.6 Å². The number of carbonyl (C=O) groups excluding carboxylic acids is 2. The van der Waals surface area contributed by atoms with Gasteiger partial charge < -0.3 is 14.3 Å². The molecule has 0 aliphatic rings. The monoisotopic (exact) mass is 530 g/mol. The van der Waals surface area contributed by atoms with Crippen LogP contribution < -0.4 is 0 Å². The van der Waals surface area contributed by atoms with E-state index in [2.05, 4.69) is 39.8 Å². The second-order valence-corrected chi connectivity index (χ2v) is 10.00. The molecule has 0 aromatic rings. The fourth-order valence-electron chi connectivity index (χ4n) is 3.24. The standard InChI is InChI=1S/C14H26O2.2C10H16O/c1-6-15-14(16-7-2)11-13(5)10-8-9-12(3)4;2*1-9(2)5-4-6-10(3)7-8-11/h14H,3,5-11H2,1-2,4H3;7-8H,1,4-6H2,2-3H3;8H,1,3-7H2,2H3/b;10-7+;. The Kier molecular flexibility index (Phi) is 31.0. The van der Waals surface area contributed by atoms with Crippen LogP contribution in [0.5, 0.6) is 0 Å². The van der Waals surface area contributed by atoms with Gasteiger partial charge >= 0.3 is 0 Å². The molecule has 0 saturated carbocycles. The van der Waals surface area contributed by atoms with Crippen LogP contribution in [0.15, 0.2) is 72.4 Å². The first kappa shape index (κ1) is 40.2. The van der Waals surface area contributed by atoms with Gasteiger partial charge in [-0.2, -0.15) is 0 Å². The summed E-state index contributed by atoms with van der Waals surface area (Å²) in [6.45, 7) is 32.8. The van der Waals surface area contributed by atoms with E-state index in [1.807, 2.05) is 34.6 Å². The van der Waals surface area contributed by atoms with Crippen molar-refractivity contribution in [2.24, 2.45) is 0 Å². The predicted molar refractivity (Wildman–Crippen MR) is 166 cm³/mol. The molecule has 0 N–H and O–H groups in total. The fraction of sp³-hybridized carbons (Fsp3) is 0.588. The molecule has 4 nitrogen and oxygen atoms in total. The van der Waals surface area contributed by atoms with Crippen molar-refractivity contribution in [3.63, 3.8) is 0 Å². The maximum Gasteiger partial charge on any atom is 0.161 e. The summed E-state index contributed by atoms with van der Waals surface area (Å²) in [7, 11) is 0. The summed E-state index contributed by atoms with van der Waals surface area (Å²) in [6, 6.07) is 0. The van der Waals surface area contributed by atoms with E-state index in [0.29, 0.717) is 19.6 Å². The third-order valence-electron chi connectivity index (χ3n) is 5.33. The smallest absolute Gasteiger partial charge is 0.161 e. The second-order valence-electron chi connectivity index (χ2n) is 10.00. The summed E-state index contributed by atoms with van der Waals surface area (Å²) >= 11 is 0. The van der Waals surface area contributed by atoms with Crippen LogP contribution in [-0.2, 0) is 19.1 Å². The maximum absolute atomic E-state index is 10.0. The number of hydrogen-bond acceptors (Lipinski definition) is 4. The van der Waals surface area contributed by atoms with E-state index in [9.17, 15) is 9.59 Å². The van der Waals surface area contributed by atoms with Gasteiger partial charge in [-0.15, -0.1) is 19.7 Å². The molecule has 0 unspecified atom stereocenters. The summed E-state index contributed by atoms with van der Waals surface area (Å²) in [6.07, 6.45) is 14.0. The molecule has 0 saturated heterocycles. The molecule has 0 aromatic heterocycles. The number of allylic oxidation sites excluding steroid dienone is 6. The lowest BCUT2D eigenvalue weighted by atomic mass is 10.0. The van der Waals surface area contributed by atoms with E-state index in [4.69, 9.17) is 9.47 Å². The minimum atomic E-state index is -0.118. The van der Waals surface area contributed by atoms with Gasteiger partial charge in [0.1, 0.15) is 12.6 Å². The number of ether oxygens (including phenoxy) is 2. The molecule has 218 valence electrons. The first-order valence-electron chi connectivity index (χ1n) is 14.0. The SMILES string of the molecule is C=C(C)CCC/C(C)=C/C=O.C=C(C)CCCC(=C)CC(OCC)OCC.C=C(C)CCCC(=C)CC=O. The summed E-state index contributed by atoms with van der Waals surface area (Å²) in [5, 5.41) is 0. The molecule has 0 heterocycles. The highest BCUT2D eigenvalue weighted by Crippen LogP contribution is 2.16. The van der Waals surface area contributed by atoms with Crippen LogP contribution in [0.25, 0.3) is 0 Å². The zero-order chi connectivity index (χ0) is 29.8. The van der Waals surface area contributed by atoms with Crippen molar-refractivity contribution in [2.45, 2.75) is 118 Å². The molecule has 0 bridgehead atoms. The summed E-state index contributed by atoms with van der Waals surface area (Å²) in [5.41, 5.74) is 7.03. The molecule has 0 aliphatic heterocycles. The van der Waals surface area contributed by atoms with Crippen molar-refractivity contribution in [1.82, 2.24) is 0 Å². The molecule has 0 atom stereocenters. The quantitative estimate of drug-likeness (QED) is 0.0641. The Morgan fingerprint density at radius 2 is 1.08 bits per heavy atom. The van der Waals surface area contributed by atoms with Gasteiger partial charge in [0.15, 0.2) is 6.29 Å². The third-order valence-corrected chi connectivity index (χ3v) is 5.33. The Labute approximate surface area is 235 Å². The van der Waals surface area contributed by atoms with E-state index >= 15 is 0 Å². The van der Waals surface area contributed by atoms with Gasteiger partial charge in [-0.05, 0) is 105 Å². The van der Waals surface area contributed by atoms with Crippen LogP contribution in [0.4, 0.5) is 0 Å². The van der Waals surface area contributed by atoms with Crippen molar-refractivity contribution in [3.8, 4) is 0 Å². The summed E-state index contributed by atoms with van der Waals surface area (Å²) in [5.74, 6) is 0. The molecule has 0 rings (SSSR count). The van der Waals surface area contributed by atoms with Crippen molar-refractivity contribution < 1.29 is 19.1 Å². The van der Waals surface area contributed by atoms with Gasteiger partial charge in [-0.1, -0.05) is 46.6 Å². The van der Waals surface area contributed by atoms with E-state index in [-0.39, 0.29) is 6.29 Å². The Balaban J connectivity index is -0.000000498. The summed E-state index contributed by atoms with van der Waals surface area (Å²) < 4.78 is 11.0. The zero-order valence-electron chi connectivity index (χ0n) is 25.7. The van der Waals surface area contributed by atoms with E-state index in [1.54, 1.807) is 6.08 Å². The normalized spacial score (nSPS) is 10.4. The molecular weight excluding hydrogens is 472 g/mol. The maximum atomic E-state index is 10.0. The molecule has 4 heteroatoms. The van der Waals surface area contributed by atoms with Gasteiger partial charge in [-0.3, -0.25) is 4.79 Å². The highest BCUT2D eigenvalue weighted by Gasteiger charge is 2.09. The van der Waals surface area contributed by atoms with Crippen LogP contribution in [0.1, 0.15) is 112 Å². The Morgan fingerprint density at radius 1 is 0.658 bits per heavy atom. The summed E-state index contributed by atoms with van der Waals surface area (Å²) in [4.78, 5) is 20.1. The van der Waals surface area contributed by atoms with Crippen molar-refractivity contribution in [2.75, 3.05) is 13.2 Å². The van der Waals surface area contributed by atoms with Gasteiger partial charge in [0.25, 0.3) is 0 Å². The predicted octanol–water partition coefficient (Wildman–Crippen LogP) is 9.83. The molecule has 0 fully saturated rings. The minimum Gasteiger partial charge on any atom is -0.353 e. The second kappa shape index (κ2) is 29.3. The molecule has 38 heavy (non-hydrogen) atoms. The van der Waals surface area contributed by atoms with Crippen LogP contribution >= 0.6 is 0 Å². The Hall–Kier alpha value is -2.30. The van der Waals surface area contributed by atoms with E-state index < -0.39 is 0 Å². The molecule has 0 radical (unpaired) electrons. The Bertz CT molecular complexity index is 721. The largest absolute Gasteiger partial charge is 0.353 e. The first-order chi connectivity index (χ1) is 17.9.